The van der Waals surface area contributed by atoms with Gasteiger partial charge < -0.3 is 0 Å². The van der Waals surface area contributed by atoms with Crippen LogP contribution < -0.4 is 11.2 Å². The van der Waals surface area contributed by atoms with Crippen LogP contribution in [0, 0.1) is 11.8 Å². The molecule has 2 atom stereocenters. The summed E-state index contributed by atoms with van der Waals surface area (Å²) in [7, 11) is 0. The van der Waals surface area contributed by atoms with Crippen molar-refractivity contribution in [2.24, 2.45) is 11.8 Å². The first kappa shape index (κ1) is 14.4. The lowest BCUT2D eigenvalue weighted by Crippen LogP contribution is -2.40. The standard InChI is InChI=1S/C14H21ClN2O2/c1-3-11-12(15)16-14(19)17(13(11)18)8-10-7-5-4-6-9(10)2/h9-10H,3-8H2,1-2H3,(H,16,19). The molecule has 1 aliphatic carbocycles. The maximum atomic E-state index is 12.3. The number of halogens is 1. The van der Waals surface area contributed by atoms with Gasteiger partial charge in [-0.2, -0.15) is 0 Å². The Bertz CT molecular complexity index is 562. The Morgan fingerprint density at radius 1 is 1.32 bits per heavy atom. The highest BCUT2D eigenvalue weighted by molar-refractivity contribution is 6.30. The summed E-state index contributed by atoms with van der Waals surface area (Å²) in [6.07, 6.45) is 5.26. The molecule has 0 aliphatic heterocycles. The fourth-order valence-corrected chi connectivity index (χ4v) is 3.25. The molecule has 2 unspecified atom stereocenters. The van der Waals surface area contributed by atoms with Crippen molar-refractivity contribution in [3.8, 4) is 0 Å². The van der Waals surface area contributed by atoms with Gasteiger partial charge in [-0.3, -0.25) is 14.3 Å². The molecule has 0 amide bonds. The van der Waals surface area contributed by atoms with Crippen molar-refractivity contribution >= 4 is 11.6 Å². The Kier molecular flexibility index (Phi) is 4.50. The van der Waals surface area contributed by atoms with Crippen LogP contribution in [0.15, 0.2) is 9.59 Å². The Balaban J connectivity index is 2.35. The zero-order chi connectivity index (χ0) is 14.0. The van der Waals surface area contributed by atoms with Crippen LogP contribution in [-0.2, 0) is 13.0 Å². The lowest BCUT2D eigenvalue weighted by atomic mass is 9.80. The van der Waals surface area contributed by atoms with Crippen LogP contribution in [0.2, 0.25) is 5.15 Å². The lowest BCUT2D eigenvalue weighted by Gasteiger charge is -2.28. The fraction of sp³-hybridized carbons (Fsp3) is 0.714. The highest BCUT2D eigenvalue weighted by Gasteiger charge is 2.23. The van der Waals surface area contributed by atoms with E-state index in [1.807, 2.05) is 6.92 Å². The summed E-state index contributed by atoms with van der Waals surface area (Å²) in [5, 5.41) is 0.186. The number of hydrogen-bond donors (Lipinski definition) is 1. The summed E-state index contributed by atoms with van der Waals surface area (Å²) in [5.41, 5.74) is -0.108. The molecule has 0 bridgehead atoms. The summed E-state index contributed by atoms with van der Waals surface area (Å²) in [4.78, 5) is 26.8. The Labute approximate surface area is 117 Å². The second-order valence-corrected chi connectivity index (χ2v) is 5.89. The van der Waals surface area contributed by atoms with E-state index in [4.69, 9.17) is 11.6 Å². The van der Waals surface area contributed by atoms with Gasteiger partial charge in [0.1, 0.15) is 5.15 Å². The molecule has 106 valence electrons. The van der Waals surface area contributed by atoms with Crippen LogP contribution in [-0.4, -0.2) is 9.55 Å². The second kappa shape index (κ2) is 5.95. The van der Waals surface area contributed by atoms with E-state index in [1.54, 1.807) is 0 Å². The second-order valence-electron chi connectivity index (χ2n) is 5.51. The third-order valence-electron chi connectivity index (χ3n) is 4.29. The zero-order valence-corrected chi connectivity index (χ0v) is 12.3. The number of nitrogens with zero attached hydrogens (tertiary/aromatic N) is 1. The molecule has 0 aromatic carbocycles. The van der Waals surface area contributed by atoms with Crippen molar-refractivity contribution in [2.45, 2.75) is 52.5 Å². The smallest absolute Gasteiger partial charge is 0.297 e. The quantitative estimate of drug-likeness (QED) is 0.868. The van der Waals surface area contributed by atoms with E-state index < -0.39 is 0 Å². The normalized spacial score (nSPS) is 23.5. The van der Waals surface area contributed by atoms with E-state index in [-0.39, 0.29) is 16.4 Å². The zero-order valence-electron chi connectivity index (χ0n) is 11.5. The number of rotatable bonds is 3. The van der Waals surface area contributed by atoms with Gasteiger partial charge in [0.2, 0.25) is 0 Å². The maximum Gasteiger partial charge on any atom is 0.329 e. The summed E-state index contributed by atoms with van der Waals surface area (Å²) in [5.74, 6) is 0.985. The molecule has 1 fully saturated rings. The molecule has 2 rings (SSSR count). The van der Waals surface area contributed by atoms with Gasteiger partial charge in [-0.25, -0.2) is 4.79 Å². The molecule has 0 saturated heterocycles. The predicted octanol–water partition coefficient (Wildman–Crippen LogP) is 2.58. The molecule has 19 heavy (non-hydrogen) atoms. The largest absolute Gasteiger partial charge is 0.329 e. The highest BCUT2D eigenvalue weighted by Crippen LogP contribution is 2.30. The SMILES string of the molecule is CCc1c(Cl)[nH]c(=O)n(CC2CCCCC2C)c1=O. The van der Waals surface area contributed by atoms with Gasteiger partial charge in [-0.1, -0.05) is 44.7 Å². The number of hydrogen-bond acceptors (Lipinski definition) is 2. The maximum absolute atomic E-state index is 12.3. The lowest BCUT2D eigenvalue weighted by molar-refractivity contribution is 0.224. The van der Waals surface area contributed by atoms with Gasteiger partial charge in [0.05, 0.1) is 5.56 Å². The molecule has 4 nitrogen and oxygen atoms in total. The van der Waals surface area contributed by atoms with Crippen LogP contribution in [0.5, 0.6) is 0 Å². The molecule has 1 saturated carbocycles. The number of H-pyrrole nitrogens is 1. The summed E-state index contributed by atoms with van der Waals surface area (Å²) in [6.45, 7) is 4.59. The summed E-state index contributed by atoms with van der Waals surface area (Å²) < 4.78 is 1.33. The van der Waals surface area contributed by atoms with Crippen LogP contribution in [0.25, 0.3) is 0 Å². The molecule has 5 heteroatoms. The molecular weight excluding hydrogens is 264 g/mol. The van der Waals surface area contributed by atoms with Crippen molar-refractivity contribution < 1.29 is 0 Å². The Hall–Kier alpha value is -1.03. The minimum atomic E-state index is -0.384. The van der Waals surface area contributed by atoms with Gasteiger partial charge in [-0.15, -0.1) is 0 Å². The van der Waals surface area contributed by atoms with Gasteiger partial charge in [-0.05, 0) is 24.7 Å². The van der Waals surface area contributed by atoms with Crippen LogP contribution in [0.4, 0.5) is 0 Å². The van der Waals surface area contributed by atoms with E-state index in [0.717, 1.165) is 6.42 Å². The molecule has 1 heterocycles. The molecule has 1 N–H and O–H groups in total. The van der Waals surface area contributed by atoms with Crippen LogP contribution >= 0.6 is 11.6 Å². The molecule has 1 aliphatic rings. The van der Waals surface area contributed by atoms with E-state index in [1.165, 1.54) is 23.8 Å². The first-order valence-corrected chi connectivity index (χ1v) is 7.43. The molecule has 1 aromatic rings. The van der Waals surface area contributed by atoms with Crippen molar-refractivity contribution in [1.82, 2.24) is 9.55 Å². The molecule has 0 radical (unpaired) electrons. The van der Waals surface area contributed by atoms with Crippen molar-refractivity contribution in [1.29, 1.82) is 0 Å². The summed E-state index contributed by atoms with van der Waals surface area (Å²) in [6, 6.07) is 0. The fourth-order valence-electron chi connectivity index (χ4n) is 2.96. The van der Waals surface area contributed by atoms with E-state index in [9.17, 15) is 9.59 Å². The minimum Gasteiger partial charge on any atom is -0.297 e. The van der Waals surface area contributed by atoms with Crippen molar-refractivity contribution in [3.05, 3.63) is 31.6 Å². The summed E-state index contributed by atoms with van der Waals surface area (Å²) >= 11 is 5.91. The van der Waals surface area contributed by atoms with Crippen LogP contribution in [0.3, 0.4) is 0 Å². The van der Waals surface area contributed by atoms with Crippen molar-refractivity contribution in [3.63, 3.8) is 0 Å². The average molecular weight is 285 g/mol. The number of aromatic amines is 1. The first-order chi connectivity index (χ1) is 9.04. The predicted molar refractivity (Wildman–Crippen MR) is 76.8 cm³/mol. The van der Waals surface area contributed by atoms with Gasteiger partial charge in [0, 0.05) is 6.54 Å². The third-order valence-corrected chi connectivity index (χ3v) is 4.61. The monoisotopic (exact) mass is 284 g/mol. The molecular formula is C14H21ClN2O2. The third kappa shape index (κ3) is 2.94. The van der Waals surface area contributed by atoms with Gasteiger partial charge >= 0.3 is 5.69 Å². The number of nitrogens with one attached hydrogen (secondary N) is 1. The van der Waals surface area contributed by atoms with E-state index in [2.05, 4.69) is 11.9 Å². The Morgan fingerprint density at radius 3 is 2.63 bits per heavy atom. The molecule has 0 spiro atoms. The Morgan fingerprint density at radius 2 is 2.00 bits per heavy atom. The average Bonchev–Trinajstić information content (AvgIpc) is 2.36. The minimum absolute atomic E-state index is 0.186. The molecule has 1 aromatic heterocycles. The number of aromatic nitrogens is 2. The highest BCUT2D eigenvalue weighted by atomic mass is 35.5. The van der Waals surface area contributed by atoms with Gasteiger partial charge in [0.15, 0.2) is 0 Å². The van der Waals surface area contributed by atoms with E-state index >= 15 is 0 Å². The van der Waals surface area contributed by atoms with E-state index in [0.29, 0.717) is 30.4 Å². The topological polar surface area (TPSA) is 54.9 Å². The van der Waals surface area contributed by atoms with Gasteiger partial charge in [0.25, 0.3) is 5.56 Å². The van der Waals surface area contributed by atoms with Crippen LogP contribution in [0.1, 0.15) is 45.1 Å². The van der Waals surface area contributed by atoms with Crippen molar-refractivity contribution in [2.75, 3.05) is 0 Å². The first-order valence-electron chi connectivity index (χ1n) is 7.06.